The highest BCUT2D eigenvalue weighted by atomic mass is 16.5. The molecule has 0 atom stereocenters. The minimum Gasteiger partial charge on any atom is -0.497 e. The molecule has 0 fully saturated rings. The molecule has 0 saturated heterocycles. The third-order valence-electron chi connectivity index (χ3n) is 2.35. The van der Waals surface area contributed by atoms with Gasteiger partial charge in [-0.2, -0.15) is 0 Å². The van der Waals surface area contributed by atoms with E-state index in [-0.39, 0.29) is 6.73 Å². The summed E-state index contributed by atoms with van der Waals surface area (Å²) in [6, 6.07) is 11.3. The maximum absolute atomic E-state index is 5.34. The first-order valence-electron chi connectivity index (χ1n) is 5.27. The summed E-state index contributed by atoms with van der Waals surface area (Å²) in [5.74, 6) is 1.51. The first kappa shape index (κ1) is 11.4. The molecule has 4 nitrogen and oxygen atoms in total. The number of rotatable bonds is 4. The van der Waals surface area contributed by atoms with Crippen LogP contribution in [0.4, 0.5) is 0 Å². The summed E-state index contributed by atoms with van der Waals surface area (Å²) in [6.45, 7) is 0.162. The zero-order valence-corrected chi connectivity index (χ0v) is 9.59. The lowest BCUT2D eigenvalue weighted by Crippen LogP contribution is -2.07. The van der Waals surface area contributed by atoms with Crippen LogP contribution >= 0.6 is 0 Å². The molecule has 2 rings (SSSR count). The molecule has 0 amide bonds. The highest BCUT2D eigenvalue weighted by molar-refractivity contribution is 5.62. The number of methoxy groups -OCH3 is 1. The van der Waals surface area contributed by atoms with Gasteiger partial charge in [0, 0.05) is 17.8 Å². The van der Waals surface area contributed by atoms with Crippen LogP contribution in [0.25, 0.3) is 11.3 Å². The Balaban J connectivity index is 2.34. The number of ether oxygens (including phenoxy) is 2. The molecule has 0 aliphatic heterocycles. The minimum atomic E-state index is 0.162. The van der Waals surface area contributed by atoms with E-state index in [0.717, 1.165) is 22.8 Å². The van der Waals surface area contributed by atoms with Crippen LogP contribution in [0.15, 0.2) is 42.6 Å². The molecule has 88 valence electrons. The lowest BCUT2D eigenvalue weighted by atomic mass is 10.1. The molecule has 1 aromatic carbocycles. The fourth-order valence-electron chi connectivity index (χ4n) is 1.54. The van der Waals surface area contributed by atoms with Crippen LogP contribution in [0, 0.1) is 0 Å². The number of aromatic nitrogens is 1. The molecule has 2 aromatic rings. The van der Waals surface area contributed by atoms with E-state index >= 15 is 0 Å². The van der Waals surface area contributed by atoms with Crippen molar-refractivity contribution in [3.63, 3.8) is 0 Å². The van der Waals surface area contributed by atoms with Crippen molar-refractivity contribution in [3.8, 4) is 22.8 Å². The number of nitrogens with zero attached hydrogens (tertiary/aromatic N) is 1. The van der Waals surface area contributed by atoms with Crippen LogP contribution < -0.4 is 15.2 Å². The molecule has 0 saturated carbocycles. The summed E-state index contributed by atoms with van der Waals surface area (Å²) in [6.07, 6.45) is 1.71. The van der Waals surface area contributed by atoms with Crippen molar-refractivity contribution in [2.45, 2.75) is 0 Å². The van der Waals surface area contributed by atoms with Gasteiger partial charge in [-0.3, -0.25) is 10.7 Å². The quantitative estimate of drug-likeness (QED) is 0.817. The molecule has 4 heteroatoms. The second kappa shape index (κ2) is 5.32. The van der Waals surface area contributed by atoms with E-state index in [1.54, 1.807) is 13.3 Å². The van der Waals surface area contributed by atoms with Gasteiger partial charge in [-0.05, 0) is 18.2 Å². The Labute approximate surface area is 100 Å². The predicted molar refractivity (Wildman–Crippen MR) is 65.9 cm³/mol. The van der Waals surface area contributed by atoms with E-state index in [9.17, 15) is 0 Å². The Hall–Kier alpha value is -2.07. The minimum absolute atomic E-state index is 0.162. The van der Waals surface area contributed by atoms with Crippen molar-refractivity contribution in [1.29, 1.82) is 0 Å². The van der Waals surface area contributed by atoms with Crippen molar-refractivity contribution >= 4 is 0 Å². The fourth-order valence-corrected chi connectivity index (χ4v) is 1.54. The van der Waals surface area contributed by atoms with Gasteiger partial charge in [0.15, 0.2) is 0 Å². The van der Waals surface area contributed by atoms with Crippen molar-refractivity contribution in [1.82, 2.24) is 4.98 Å². The van der Waals surface area contributed by atoms with Crippen LogP contribution in [0.2, 0.25) is 0 Å². The van der Waals surface area contributed by atoms with Crippen LogP contribution in [0.3, 0.4) is 0 Å². The maximum atomic E-state index is 5.34. The predicted octanol–water partition coefficient (Wildman–Crippen LogP) is 2.05. The van der Waals surface area contributed by atoms with Gasteiger partial charge in [0.2, 0.25) is 0 Å². The van der Waals surface area contributed by atoms with E-state index in [4.69, 9.17) is 15.2 Å². The van der Waals surface area contributed by atoms with Crippen molar-refractivity contribution in [3.05, 3.63) is 42.6 Å². The maximum Gasteiger partial charge on any atom is 0.137 e. The molecule has 2 N–H and O–H groups in total. The fraction of sp³-hybridized carbons (Fsp3) is 0.154. The van der Waals surface area contributed by atoms with E-state index in [2.05, 4.69) is 4.98 Å². The zero-order chi connectivity index (χ0) is 12.1. The first-order chi connectivity index (χ1) is 8.33. The molecule has 0 spiro atoms. The van der Waals surface area contributed by atoms with Crippen LogP contribution in [0.1, 0.15) is 0 Å². The summed E-state index contributed by atoms with van der Waals surface area (Å²) in [5, 5.41) is 0. The van der Waals surface area contributed by atoms with Crippen molar-refractivity contribution < 1.29 is 9.47 Å². The third-order valence-corrected chi connectivity index (χ3v) is 2.35. The Morgan fingerprint density at radius 3 is 2.82 bits per heavy atom. The number of benzene rings is 1. The molecule has 1 heterocycles. The average Bonchev–Trinajstić information content (AvgIpc) is 2.40. The lowest BCUT2D eigenvalue weighted by molar-refractivity contribution is 0.330. The Kier molecular flexibility index (Phi) is 3.57. The van der Waals surface area contributed by atoms with Gasteiger partial charge < -0.3 is 9.47 Å². The van der Waals surface area contributed by atoms with E-state index < -0.39 is 0 Å². The summed E-state index contributed by atoms with van der Waals surface area (Å²) in [7, 11) is 1.63. The van der Waals surface area contributed by atoms with Gasteiger partial charge in [-0.15, -0.1) is 0 Å². The Bertz CT molecular complexity index is 500. The van der Waals surface area contributed by atoms with Gasteiger partial charge >= 0.3 is 0 Å². The van der Waals surface area contributed by atoms with E-state index in [1.165, 1.54) is 0 Å². The first-order valence-corrected chi connectivity index (χ1v) is 5.27. The molecular formula is C13H14N2O2. The highest BCUT2D eigenvalue weighted by Crippen LogP contribution is 2.24. The molecule has 0 radical (unpaired) electrons. The number of hydrogen-bond acceptors (Lipinski definition) is 4. The summed E-state index contributed by atoms with van der Waals surface area (Å²) in [5.41, 5.74) is 7.14. The molecule has 0 bridgehead atoms. The summed E-state index contributed by atoms with van der Waals surface area (Å²) < 4.78 is 10.4. The smallest absolute Gasteiger partial charge is 0.137 e. The van der Waals surface area contributed by atoms with Gasteiger partial charge in [0.05, 0.1) is 12.8 Å². The Morgan fingerprint density at radius 2 is 2.06 bits per heavy atom. The van der Waals surface area contributed by atoms with E-state index in [0.29, 0.717) is 0 Å². The van der Waals surface area contributed by atoms with Crippen LogP contribution in [-0.2, 0) is 0 Å². The largest absolute Gasteiger partial charge is 0.497 e. The van der Waals surface area contributed by atoms with Gasteiger partial charge in [0.1, 0.15) is 18.2 Å². The molecule has 0 aliphatic carbocycles. The van der Waals surface area contributed by atoms with Crippen LogP contribution in [0.5, 0.6) is 11.5 Å². The molecular weight excluding hydrogens is 216 g/mol. The van der Waals surface area contributed by atoms with Crippen molar-refractivity contribution in [2.75, 3.05) is 13.8 Å². The average molecular weight is 230 g/mol. The summed E-state index contributed by atoms with van der Waals surface area (Å²) >= 11 is 0. The monoisotopic (exact) mass is 230 g/mol. The standard InChI is InChI=1S/C13H14N2O2/c1-16-11-5-6-15-13(8-11)10-3-2-4-12(7-10)17-9-14/h2-8H,9,14H2,1H3. The Morgan fingerprint density at radius 1 is 1.18 bits per heavy atom. The summed E-state index contributed by atoms with van der Waals surface area (Å²) in [4.78, 5) is 4.29. The number of pyridine rings is 1. The number of nitrogens with two attached hydrogens (primary N) is 1. The second-order valence-corrected chi connectivity index (χ2v) is 3.42. The second-order valence-electron chi connectivity index (χ2n) is 3.42. The van der Waals surface area contributed by atoms with Gasteiger partial charge in [-0.25, -0.2) is 0 Å². The molecule has 0 aliphatic rings. The van der Waals surface area contributed by atoms with Crippen molar-refractivity contribution in [2.24, 2.45) is 5.73 Å². The van der Waals surface area contributed by atoms with E-state index in [1.807, 2.05) is 36.4 Å². The SMILES string of the molecule is COc1ccnc(-c2cccc(OCN)c2)c1. The van der Waals surface area contributed by atoms with Crippen LogP contribution in [-0.4, -0.2) is 18.8 Å². The normalized spacial score (nSPS) is 10.0. The molecule has 0 unspecified atom stereocenters. The number of hydrogen-bond donors (Lipinski definition) is 1. The third kappa shape index (κ3) is 2.73. The van der Waals surface area contributed by atoms with Gasteiger partial charge in [0.25, 0.3) is 0 Å². The topological polar surface area (TPSA) is 57.4 Å². The van der Waals surface area contributed by atoms with Gasteiger partial charge in [-0.1, -0.05) is 12.1 Å². The zero-order valence-electron chi connectivity index (χ0n) is 9.59. The lowest BCUT2D eigenvalue weighted by Gasteiger charge is -2.06. The highest BCUT2D eigenvalue weighted by Gasteiger charge is 2.02. The molecule has 1 aromatic heterocycles. The molecule has 17 heavy (non-hydrogen) atoms.